The lowest BCUT2D eigenvalue weighted by Crippen LogP contribution is -2.46. The van der Waals surface area contributed by atoms with Crippen LogP contribution in [-0.2, 0) is 19.0 Å². The number of ether oxygens (including phenoxy) is 3. The minimum Gasteiger partial charge on any atom is -0.444 e. The van der Waals surface area contributed by atoms with Crippen LogP contribution in [0, 0.1) is 0 Å². The van der Waals surface area contributed by atoms with E-state index < -0.39 is 17.7 Å². The van der Waals surface area contributed by atoms with Crippen LogP contribution in [-0.4, -0.2) is 49.7 Å². The Kier molecular flexibility index (Phi) is 6.91. The lowest BCUT2D eigenvalue weighted by atomic mass is 10.2. The quantitative estimate of drug-likeness (QED) is 0.719. The van der Waals surface area contributed by atoms with Crippen LogP contribution in [0.15, 0.2) is 0 Å². The normalized spacial score (nSPS) is 17.3. The monoisotopic (exact) mass is 302 g/mol. The number of rotatable bonds is 6. The Labute approximate surface area is 125 Å². The van der Waals surface area contributed by atoms with Crippen molar-refractivity contribution in [3.63, 3.8) is 0 Å². The lowest BCUT2D eigenvalue weighted by Gasteiger charge is -2.21. The Balaban J connectivity index is 2.14. The predicted molar refractivity (Wildman–Crippen MR) is 76.8 cm³/mol. The lowest BCUT2D eigenvalue weighted by molar-refractivity contribution is -0.122. The fraction of sp³-hybridized carbons (Fsp3) is 0.857. The molecular weight excluding hydrogens is 276 g/mol. The Morgan fingerprint density at radius 2 is 1.90 bits per heavy atom. The maximum atomic E-state index is 11.8. The molecule has 1 fully saturated rings. The Morgan fingerprint density at radius 1 is 1.29 bits per heavy atom. The van der Waals surface area contributed by atoms with E-state index in [4.69, 9.17) is 14.2 Å². The van der Waals surface area contributed by atoms with Crippen molar-refractivity contribution < 1.29 is 23.8 Å². The third kappa shape index (κ3) is 7.87. The first-order valence-electron chi connectivity index (χ1n) is 7.28. The molecule has 7 nitrogen and oxygen atoms in total. The molecule has 0 spiro atoms. The molecule has 2 N–H and O–H groups in total. The van der Waals surface area contributed by atoms with Crippen LogP contribution in [0.25, 0.3) is 0 Å². The van der Waals surface area contributed by atoms with Crippen LogP contribution < -0.4 is 10.6 Å². The van der Waals surface area contributed by atoms with Crippen molar-refractivity contribution in [3.05, 3.63) is 0 Å². The van der Waals surface area contributed by atoms with Crippen molar-refractivity contribution in [3.8, 4) is 0 Å². The summed E-state index contributed by atoms with van der Waals surface area (Å²) >= 11 is 0. The van der Waals surface area contributed by atoms with Crippen LogP contribution in [0.5, 0.6) is 0 Å². The molecule has 1 atom stereocenters. The van der Waals surface area contributed by atoms with Crippen LogP contribution in [0.3, 0.4) is 0 Å². The zero-order valence-electron chi connectivity index (χ0n) is 13.2. The molecule has 0 aliphatic carbocycles. The van der Waals surface area contributed by atoms with Gasteiger partial charge in [0, 0.05) is 13.0 Å². The largest absolute Gasteiger partial charge is 0.444 e. The highest BCUT2D eigenvalue weighted by atomic mass is 16.7. The number of carbonyl (C=O) groups is 2. The first-order valence-corrected chi connectivity index (χ1v) is 7.28. The van der Waals surface area contributed by atoms with Crippen molar-refractivity contribution in [2.24, 2.45) is 0 Å². The van der Waals surface area contributed by atoms with E-state index in [1.807, 2.05) is 0 Å². The summed E-state index contributed by atoms with van der Waals surface area (Å²) < 4.78 is 15.7. The molecule has 0 aromatic rings. The average molecular weight is 302 g/mol. The van der Waals surface area contributed by atoms with E-state index in [0.717, 1.165) is 12.8 Å². The van der Waals surface area contributed by atoms with Gasteiger partial charge in [0.05, 0.1) is 13.2 Å². The second kappa shape index (κ2) is 8.19. The van der Waals surface area contributed by atoms with Gasteiger partial charge in [-0.2, -0.15) is 0 Å². The molecule has 0 radical (unpaired) electrons. The molecule has 122 valence electrons. The third-order valence-electron chi connectivity index (χ3n) is 2.73. The van der Waals surface area contributed by atoms with E-state index in [1.165, 1.54) is 0 Å². The Hall–Kier alpha value is -1.34. The molecule has 0 unspecified atom stereocenters. The summed E-state index contributed by atoms with van der Waals surface area (Å²) in [4.78, 5) is 23.3. The van der Waals surface area contributed by atoms with E-state index in [0.29, 0.717) is 19.8 Å². The zero-order valence-corrected chi connectivity index (χ0v) is 13.2. The van der Waals surface area contributed by atoms with Crippen molar-refractivity contribution in [2.75, 3.05) is 19.8 Å². The Morgan fingerprint density at radius 3 is 2.48 bits per heavy atom. The molecule has 0 saturated carbocycles. The van der Waals surface area contributed by atoms with Gasteiger partial charge in [0.1, 0.15) is 11.6 Å². The summed E-state index contributed by atoms with van der Waals surface area (Å²) in [5.74, 6) is -0.242. The van der Waals surface area contributed by atoms with Crippen LogP contribution in [0.1, 0.15) is 40.5 Å². The molecule has 2 amide bonds. The van der Waals surface area contributed by atoms with Crippen LogP contribution in [0.2, 0.25) is 0 Å². The maximum Gasteiger partial charge on any atom is 0.408 e. The van der Waals surface area contributed by atoms with Gasteiger partial charge in [-0.1, -0.05) is 0 Å². The van der Waals surface area contributed by atoms with Gasteiger partial charge >= 0.3 is 6.09 Å². The highest BCUT2D eigenvalue weighted by molar-refractivity contribution is 5.85. The minimum atomic E-state index is -0.640. The number of alkyl carbamates (subject to hydrolysis) is 1. The van der Waals surface area contributed by atoms with Gasteiger partial charge in [0.25, 0.3) is 0 Å². The van der Waals surface area contributed by atoms with E-state index in [1.54, 1.807) is 27.7 Å². The van der Waals surface area contributed by atoms with Gasteiger partial charge < -0.3 is 24.8 Å². The smallest absolute Gasteiger partial charge is 0.408 e. The fourth-order valence-electron chi connectivity index (χ4n) is 1.76. The molecule has 0 bridgehead atoms. The van der Waals surface area contributed by atoms with E-state index in [-0.39, 0.29) is 12.2 Å². The first kappa shape index (κ1) is 17.7. The van der Waals surface area contributed by atoms with Gasteiger partial charge in [0.15, 0.2) is 6.29 Å². The number of nitrogens with one attached hydrogen (secondary N) is 2. The summed E-state index contributed by atoms with van der Waals surface area (Å²) in [6, 6.07) is -0.640. The molecular formula is C14H26N2O5. The maximum absolute atomic E-state index is 11.8. The van der Waals surface area contributed by atoms with E-state index >= 15 is 0 Å². The van der Waals surface area contributed by atoms with Crippen LogP contribution in [0.4, 0.5) is 4.79 Å². The number of hydrogen-bond acceptors (Lipinski definition) is 5. The topological polar surface area (TPSA) is 85.9 Å². The van der Waals surface area contributed by atoms with Gasteiger partial charge in [-0.25, -0.2) is 4.79 Å². The molecule has 1 saturated heterocycles. The summed E-state index contributed by atoms with van der Waals surface area (Å²) in [5.41, 5.74) is -0.582. The summed E-state index contributed by atoms with van der Waals surface area (Å²) in [6.45, 7) is 8.70. The SMILES string of the molecule is C[C@H](NC(=O)OC(C)(C)C)C(=O)NCCCC1OCCO1. The van der Waals surface area contributed by atoms with Gasteiger partial charge in [0.2, 0.25) is 5.91 Å². The standard InChI is InChI=1S/C14H26N2O5/c1-10(16-13(18)21-14(2,3)4)12(17)15-7-5-6-11-19-8-9-20-11/h10-11H,5-9H2,1-4H3,(H,15,17)(H,16,18)/t10-/m0/s1. The van der Waals surface area contributed by atoms with Gasteiger partial charge in [-0.05, 0) is 34.1 Å². The number of hydrogen-bond donors (Lipinski definition) is 2. The molecule has 7 heteroatoms. The van der Waals surface area contributed by atoms with Crippen molar-refractivity contribution in [1.82, 2.24) is 10.6 Å². The Bertz CT molecular complexity index is 348. The summed E-state index contributed by atoms with van der Waals surface area (Å²) in [7, 11) is 0. The zero-order chi connectivity index (χ0) is 15.9. The molecule has 0 aromatic heterocycles. The highest BCUT2D eigenvalue weighted by Gasteiger charge is 2.21. The molecule has 21 heavy (non-hydrogen) atoms. The third-order valence-corrected chi connectivity index (χ3v) is 2.73. The molecule has 1 aliphatic heterocycles. The second-order valence-electron chi connectivity index (χ2n) is 5.97. The summed E-state index contributed by atoms with van der Waals surface area (Å²) in [5, 5.41) is 5.25. The number of carbonyl (C=O) groups excluding carboxylic acids is 2. The molecule has 1 aliphatic rings. The highest BCUT2D eigenvalue weighted by Crippen LogP contribution is 2.09. The van der Waals surface area contributed by atoms with Gasteiger partial charge in [-0.15, -0.1) is 0 Å². The predicted octanol–water partition coefficient (Wildman–Crippen LogP) is 1.17. The molecule has 1 rings (SSSR count). The number of amides is 2. The van der Waals surface area contributed by atoms with Crippen molar-refractivity contribution in [2.45, 2.75) is 58.5 Å². The first-order chi connectivity index (χ1) is 9.78. The average Bonchev–Trinajstić information content (AvgIpc) is 2.84. The minimum absolute atomic E-state index is 0.154. The fourth-order valence-corrected chi connectivity index (χ4v) is 1.76. The van der Waals surface area contributed by atoms with E-state index in [2.05, 4.69) is 10.6 Å². The molecule has 0 aromatic carbocycles. The molecule has 1 heterocycles. The van der Waals surface area contributed by atoms with Crippen molar-refractivity contribution >= 4 is 12.0 Å². The second-order valence-corrected chi connectivity index (χ2v) is 5.97. The van der Waals surface area contributed by atoms with Crippen LogP contribution >= 0.6 is 0 Å². The van der Waals surface area contributed by atoms with Gasteiger partial charge in [-0.3, -0.25) is 4.79 Å². The van der Waals surface area contributed by atoms with E-state index in [9.17, 15) is 9.59 Å². The van der Waals surface area contributed by atoms with Crippen molar-refractivity contribution in [1.29, 1.82) is 0 Å². The summed E-state index contributed by atoms with van der Waals surface area (Å²) in [6.07, 6.45) is 0.751.